The van der Waals surface area contributed by atoms with Crippen LogP contribution in [0.2, 0.25) is 5.02 Å². The van der Waals surface area contributed by atoms with Crippen LogP contribution >= 0.6 is 11.6 Å². The van der Waals surface area contributed by atoms with Gasteiger partial charge in [0.05, 0.1) is 19.3 Å². The Morgan fingerprint density at radius 3 is 2.40 bits per heavy atom. The zero-order valence-electron chi connectivity index (χ0n) is 24.2. The molecule has 3 aromatic carbocycles. The fourth-order valence-electron chi connectivity index (χ4n) is 5.33. The lowest BCUT2D eigenvalue weighted by atomic mass is 9.83. The quantitative estimate of drug-likeness (QED) is 0.258. The minimum absolute atomic E-state index is 0.463. The highest BCUT2D eigenvalue weighted by molar-refractivity contribution is 6.30. The summed E-state index contributed by atoms with van der Waals surface area (Å²) in [5, 5.41) is 14.1. The first-order valence-corrected chi connectivity index (χ1v) is 14.5. The van der Waals surface area contributed by atoms with Crippen molar-refractivity contribution in [1.29, 1.82) is 0 Å². The van der Waals surface area contributed by atoms with Gasteiger partial charge in [-0.25, -0.2) is 4.39 Å². The number of alkyl halides is 1. The van der Waals surface area contributed by atoms with E-state index in [1.165, 1.54) is 13.8 Å². The molecule has 4 nitrogen and oxygen atoms in total. The summed E-state index contributed by atoms with van der Waals surface area (Å²) in [6, 6.07) is 19.6. The maximum atomic E-state index is 14.8. The molecule has 0 saturated carbocycles. The van der Waals surface area contributed by atoms with Crippen LogP contribution in [0.1, 0.15) is 67.9 Å². The third-order valence-corrected chi connectivity index (χ3v) is 8.15. The lowest BCUT2D eigenvalue weighted by molar-refractivity contribution is -0.0507. The van der Waals surface area contributed by atoms with Crippen LogP contribution in [0.15, 0.2) is 72.4 Å². The van der Waals surface area contributed by atoms with Crippen LogP contribution in [0.3, 0.4) is 0 Å². The number of aliphatic hydroxyl groups is 1. The Bertz CT molecular complexity index is 1330. The van der Waals surface area contributed by atoms with Crippen LogP contribution in [0.25, 0.3) is 0 Å². The highest BCUT2D eigenvalue weighted by atomic mass is 35.5. The first-order chi connectivity index (χ1) is 19.0. The Morgan fingerprint density at radius 2 is 1.80 bits per heavy atom. The number of nitrogens with one attached hydrogen (secondary N) is 1. The van der Waals surface area contributed by atoms with E-state index in [1.807, 2.05) is 36.4 Å². The number of hydrogen-bond donors (Lipinski definition) is 2. The average Bonchev–Trinajstić information content (AvgIpc) is 2.91. The molecule has 0 radical (unpaired) electrons. The second kappa shape index (κ2) is 12.8. The van der Waals surface area contributed by atoms with E-state index in [-0.39, 0.29) is 0 Å². The van der Waals surface area contributed by atoms with Crippen LogP contribution < -0.4 is 10.1 Å². The topological polar surface area (TPSA) is 50.7 Å². The standard InChI is InChI=1S/C34H41ClFNO3/c1-6-7-29(22-26-8-10-27(11-9-26)33(5,36)25(4)38)37-30-13-15-32(24(3)21-30)40-34(16-18-39-19-17-34)31-14-12-28(35)20-23(31)2/h7-15,20-21,25,37-38H,6,16-19,22H2,1-5H3/b29-7-. The Labute approximate surface area is 243 Å². The molecule has 0 aromatic heterocycles. The Balaban J connectivity index is 1.51. The molecule has 0 bridgehead atoms. The Hall–Kier alpha value is -2.86. The minimum Gasteiger partial charge on any atom is -0.482 e. The summed E-state index contributed by atoms with van der Waals surface area (Å²) >= 11 is 6.25. The number of benzene rings is 3. The van der Waals surface area contributed by atoms with E-state index >= 15 is 0 Å². The molecule has 3 aromatic rings. The number of anilines is 1. The number of ether oxygens (including phenoxy) is 2. The number of halogens is 2. The van der Waals surface area contributed by atoms with E-state index in [0.29, 0.717) is 25.2 Å². The highest BCUT2D eigenvalue weighted by Gasteiger charge is 2.38. The normalized spacial score (nSPS) is 17.6. The molecule has 214 valence electrons. The lowest BCUT2D eigenvalue weighted by Crippen LogP contribution is -2.40. The molecule has 1 aliphatic heterocycles. The fourth-order valence-corrected chi connectivity index (χ4v) is 5.55. The van der Waals surface area contributed by atoms with Gasteiger partial charge in [0.25, 0.3) is 0 Å². The monoisotopic (exact) mass is 565 g/mol. The van der Waals surface area contributed by atoms with Crippen molar-refractivity contribution >= 4 is 17.3 Å². The van der Waals surface area contributed by atoms with Gasteiger partial charge in [-0.05, 0) is 92.3 Å². The molecule has 0 spiro atoms. The van der Waals surface area contributed by atoms with Gasteiger partial charge < -0.3 is 19.9 Å². The number of allylic oxidation sites excluding steroid dienone is 2. The first kappa shape index (κ1) is 30.1. The van der Waals surface area contributed by atoms with Gasteiger partial charge >= 0.3 is 0 Å². The van der Waals surface area contributed by atoms with E-state index in [9.17, 15) is 9.50 Å². The molecule has 2 N–H and O–H groups in total. The van der Waals surface area contributed by atoms with E-state index < -0.39 is 17.4 Å². The average molecular weight is 566 g/mol. The van der Waals surface area contributed by atoms with Gasteiger partial charge in [-0.15, -0.1) is 0 Å². The van der Waals surface area contributed by atoms with Gasteiger partial charge in [-0.2, -0.15) is 0 Å². The van der Waals surface area contributed by atoms with Crippen molar-refractivity contribution in [2.45, 2.75) is 77.7 Å². The Morgan fingerprint density at radius 1 is 1.10 bits per heavy atom. The highest BCUT2D eigenvalue weighted by Crippen LogP contribution is 2.41. The van der Waals surface area contributed by atoms with Gasteiger partial charge in [0, 0.05) is 35.7 Å². The second-order valence-electron chi connectivity index (χ2n) is 11.0. The van der Waals surface area contributed by atoms with Crippen molar-refractivity contribution in [3.63, 3.8) is 0 Å². The predicted octanol–water partition coefficient (Wildman–Crippen LogP) is 8.56. The molecule has 6 heteroatoms. The predicted molar refractivity (Wildman–Crippen MR) is 162 cm³/mol. The molecule has 2 unspecified atom stereocenters. The smallest absolute Gasteiger partial charge is 0.158 e. The van der Waals surface area contributed by atoms with Crippen LogP contribution in [0.5, 0.6) is 5.75 Å². The van der Waals surface area contributed by atoms with Crippen LogP contribution in [0, 0.1) is 13.8 Å². The molecule has 1 aliphatic rings. The van der Waals surface area contributed by atoms with Gasteiger partial charge in [-0.1, -0.05) is 54.9 Å². The van der Waals surface area contributed by atoms with Gasteiger partial charge in [0.2, 0.25) is 0 Å². The van der Waals surface area contributed by atoms with Crippen LogP contribution in [-0.4, -0.2) is 24.4 Å². The molecule has 1 saturated heterocycles. The molecule has 40 heavy (non-hydrogen) atoms. The molecular weight excluding hydrogens is 525 g/mol. The van der Waals surface area contributed by atoms with Gasteiger partial charge in [0.15, 0.2) is 5.67 Å². The van der Waals surface area contributed by atoms with Crippen molar-refractivity contribution in [1.82, 2.24) is 0 Å². The summed E-state index contributed by atoms with van der Waals surface area (Å²) < 4.78 is 27.3. The number of hydrogen-bond acceptors (Lipinski definition) is 4. The van der Waals surface area contributed by atoms with E-state index in [2.05, 4.69) is 44.3 Å². The van der Waals surface area contributed by atoms with Crippen molar-refractivity contribution < 1.29 is 19.0 Å². The summed E-state index contributed by atoms with van der Waals surface area (Å²) in [6.45, 7) is 10.4. The zero-order valence-corrected chi connectivity index (χ0v) is 24.9. The molecular formula is C34H41ClFNO3. The molecule has 4 rings (SSSR count). The molecule has 1 fully saturated rings. The van der Waals surface area contributed by atoms with Gasteiger partial charge in [0.1, 0.15) is 11.4 Å². The lowest BCUT2D eigenvalue weighted by Gasteiger charge is -2.39. The largest absolute Gasteiger partial charge is 0.482 e. The van der Waals surface area contributed by atoms with Gasteiger partial charge in [-0.3, -0.25) is 0 Å². The van der Waals surface area contributed by atoms with Crippen LogP contribution in [-0.2, 0) is 22.4 Å². The summed E-state index contributed by atoms with van der Waals surface area (Å²) in [4.78, 5) is 0. The van der Waals surface area contributed by atoms with Crippen LogP contribution in [0.4, 0.5) is 10.1 Å². The molecule has 0 amide bonds. The number of aliphatic hydroxyl groups excluding tert-OH is 1. The van der Waals surface area contributed by atoms with Crippen molar-refractivity contribution in [3.8, 4) is 5.75 Å². The summed E-state index contributed by atoms with van der Waals surface area (Å²) in [5.74, 6) is 0.853. The fraction of sp³-hybridized carbons (Fsp3) is 0.412. The summed E-state index contributed by atoms with van der Waals surface area (Å²) in [6.07, 6.45) is 4.20. The van der Waals surface area contributed by atoms with E-state index in [4.69, 9.17) is 21.1 Å². The van der Waals surface area contributed by atoms with Crippen molar-refractivity contribution in [3.05, 3.63) is 105 Å². The van der Waals surface area contributed by atoms with Crippen molar-refractivity contribution in [2.75, 3.05) is 18.5 Å². The number of aryl methyl sites for hydroxylation is 2. The molecule has 1 heterocycles. The third-order valence-electron chi connectivity index (χ3n) is 7.91. The van der Waals surface area contributed by atoms with E-state index in [0.717, 1.165) is 63.7 Å². The summed E-state index contributed by atoms with van der Waals surface area (Å²) in [5.41, 5.74) is 4.66. The zero-order chi connectivity index (χ0) is 28.9. The molecule has 0 aliphatic carbocycles. The second-order valence-corrected chi connectivity index (χ2v) is 11.5. The maximum Gasteiger partial charge on any atom is 0.158 e. The maximum absolute atomic E-state index is 14.8. The summed E-state index contributed by atoms with van der Waals surface area (Å²) in [7, 11) is 0. The first-order valence-electron chi connectivity index (χ1n) is 14.1. The Kier molecular flexibility index (Phi) is 9.60. The van der Waals surface area contributed by atoms with E-state index in [1.54, 1.807) is 12.1 Å². The SMILES string of the molecule is CC/C=C(/Cc1ccc(C(C)(F)C(C)O)cc1)Nc1ccc(OC2(c3ccc(Cl)cc3C)CCOCC2)c(C)c1. The minimum atomic E-state index is -1.78. The molecule has 2 atom stereocenters. The van der Waals surface area contributed by atoms with Crippen molar-refractivity contribution in [2.24, 2.45) is 0 Å². The third kappa shape index (κ3) is 6.88. The number of rotatable bonds is 10.